The lowest BCUT2D eigenvalue weighted by Gasteiger charge is -2.27. The van der Waals surface area contributed by atoms with Gasteiger partial charge in [0.25, 0.3) is 0 Å². The van der Waals surface area contributed by atoms with E-state index in [1.165, 1.54) is 0 Å². The monoisotopic (exact) mass is 237 g/mol. The maximum atomic E-state index is 12.0. The summed E-state index contributed by atoms with van der Waals surface area (Å²) < 4.78 is 0. The molecule has 18 heavy (non-hydrogen) atoms. The molecular weight excluding hydrogens is 222 g/mol. The van der Waals surface area contributed by atoms with Crippen LogP contribution >= 0.6 is 0 Å². The maximum absolute atomic E-state index is 12.0. The third-order valence-electron chi connectivity index (χ3n) is 3.48. The number of para-hydroxylation sites is 2. The lowest BCUT2D eigenvalue weighted by Crippen LogP contribution is -2.20. The molecule has 0 radical (unpaired) electrons. The lowest BCUT2D eigenvalue weighted by atomic mass is 9.96. The van der Waals surface area contributed by atoms with Crippen molar-refractivity contribution in [3.05, 3.63) is 59.7 Å². The van der Waals surface area contributed by atoms with E-state index in [-0.39, 0.29) is 5.78 Å². The standard InChI is InChI=1S/C16H15NO/c1-17-15-8-4-2-6-12(15)10-14(18)11-13-7-3-5-9-16(13)17/h2-9H,10-11H2,1H3. The Bertz CT molecular complexity index is 552. The van der Waals surface area contributed by atoms with Crippen molar-refractivity contribution in [1.29, 1.82) is 0 Å². The fourth-order valence-electron chi connectivity index (χ4n) is 2.59. The smallest absolute Gasteiger partial charge is 0.141 e. The van der Waals surface area contributed by atoms with E-state index in [0.717, 1.165) is 22.5 Å². The predicted molar refractivity (Wildman–Crippen MR) is 73.4 cm³/mol. The molecule has 3 rings (SSSR count). The highest BCUT2D eigenvalue weighted by molar-refractivity contribution is 5.88. The second-order valence-corrected chi connectivity index (χ2v) is 4.71. The minimum atomic E-state index is 0.281. The Labute approximate surface area is 107 Å². The first-order valence-electron chi connectivity index (χ1n) is 6.17. The van der Waals surface area contributed by atoms with Crippen LogP contribution in [0.15, 0.2) is 48.5 Å². The minimum Gasteiger partial charge on any atom is -0.344 e. The van der Waals surface area contributed by atoms with Crippen LogP contribution in [0, 0.1) is 0 Å². The summed E-state index contributed by atoms with van der Waals surface area (Å²) in [4.78, 5) is 14.2. The van der Waals surface area contributed by atoms with E-state index in [9.17, 15) is 4.79 Å². The molecule has 0 atom stereocenters. The van der Waals surface area contributed by atoms with Gasteiger partial charge in [0.2, 0.25) is 0 Å². The molecule has 0 saturated carbocycles. The van der Waals surface area contributed by atoms with Crippen LogP contribution in [0.1, 0.15) is 11.1 Å². The van der Waals surface area contributed by atoms with Gasteiger partial charge in [0.05, 0.1) is 0 Å². The van der Waals surface area contributed by atoms with Crippen LogP contribution in [0.4, 0.5) is 11.4 Å². The summed E-state index contributed by atoms with van der Waals surface area (Å²) in [6.45, 7) is 0. The van der Waals surface area contributed by atoms with Crippen molar-refractivity contribution >= 4 is 17.2 Å². The molecule has 2 aromatic carbocycles. The fourth-order valence-corrected chi connectivity index (χ4v) is 2.59. The molecule has 0 fully saturated rings. The average Bonchev–Trinajstić information content (AvgIpc) is 2.38. The van der Waals surface area contributed by atoms with Crippen molar-refractivity contribution in [2.24, 2.45) is 0 Å². The summed E-state index contributed by atoms with van der Waals surface area (Å²) in [5.41, 5.74) is 4.47. The summed E-state index contributed by atoms with van der Waals surface area (Å²) in [5, 5.41) is 0. The van der Waals surface area contributed by atoms with Gasteiger partial charge in [0, 0.05) is 31.3 Å². The number of benzene rings is 2. The van der Waals surface area contributed by atoms with E-state index in [0.29, 0.717) is 12.8 Å². The highest BCUT2D eigenvalue weighted by Crippen LogP contribution is 2.32. The molecule has 0 N–H and O–H groups in total. The molecule has 2 heteroatoms. The van der Waals surface area contributed by atoms with Crippen molar-refractivity contribution in [3.8, 4) is 0 Å². The Balaban J connectivity index is 2.20. The second kappa shape index (κ2) is 4.30. The second-order valence-electron chi connectivity index (χ2n) is 4.71. The van der Waals surface area contributed by atoms with Crippen LogP contribution < -0.4 is 4.90 Å². The summed E-state index contributed by atoms with van der Waals surface area (Å²) in [7, 11) is 2.06. The molecule has 0 spiro atoms. The zero-order valence-corrected chi connectivity index (χ0v) is 10.4. The quantitative estimate of drug-likeness (QED) is 0.701. The predicted octanol–water partition coefficient (Wildman–Crippen LogP) is 3.12. The molecule has 0 unspecified atom stereocenters. The third-order valence-corrected chi connectivity index (χ3v) is 3.48. The van der Waals surface area contributed by atoms with Gasteiger partial charge in [-0.15, -0.1) is 0 Å². The van der Waals surface area contributed by atoms with Gasteiger partial charge in [0.1, 0.15) is 5.78 Å². The van der Waals surface area contributed by atoms with Gasteiger partial charge >= 0.3 is 0 Å². The molecular formula is C16H15NO. The lowest BCUT2D eigenvalue weighted by molar-refractivity contribution is -0.117. The molecule has 0 aliphatic carbocycles. The van der Waals surface area contributed by atoms with Crippen LogP contribution in [-0.4, -0.2) is 12.8 Å². The van der Waals surface area contributed by atoms with Gasteiger partial charge < -0.3 is 4.90 Å². The van der Waals surface area contributed by atoms with Crippen LogP contribution in [0.25, 0.3) is 0 Å². The Morgan fingerprint density at radius 1 is 0.833 bits per heavy atom. The molecule has 1 aliphatic rings. The molecule has 0 amide bonds. The van der Waals surface area contributed by atoms with Gasteiger partial charge in [-0.1, -0.05) is 36.4 Å². The van der Waals surface area contributed by atoms with Crippen LogP contribution in [0.2, 0.25) is 0 Å². The molecule has 0 aromatic heterocycles. The minimum absolute atomic E-state index is 0.281. The molecule has 0 bridgehead atoms. The number of anilines is 2. The Morgan fingerprint density at radius 3 is 1.78 bits per heavy atom. The highest BCUT2D eigenvalue weighted by atomic mass is 16.1. The Morgan fingerprint density at radius 2 is 1.28 bits per heavy atom. The van der Waals surface area contributed by atoms with Crippen LogP contribution in [-0.2, 0) is 17.6 Å². The van der Waals surface area contributed by atoms with Crippen LogP contribution in [0.5, 0.6) is 0 Å². The summed E-state index contributed by atoms with van der Waals surface area (Å²) in [6.07, 6.45) is 1.05. The van der Waals surface area contributed by atoms with Crippen LogP contribution in [0.3, 0.4) is 0 Å². The largest absolute Gasteiger partial charge is 0.344 e. The van der Waals surface area contributed by atoms with E-state index in [4.69, 9.17) is 0 Å². The Kier molecular flexibility index (Phi) is 2.63. The summed E-state index contributed by atoms with van der Waals surface area (Å²) in [6, 6.07) is 16.2. The number of carbonyl (C=O) groups excluding carboxylic acids is 1. The molecule has 90 valence electrons. The topological polar surface area (TPSA) is 20.3 Å². The van der Waals surface area contributed by atoms with Gasteiger partial charge in [-0.2, -0.15) is 0 Å². The summed E-state index contributed by atoms with van der Waals surface area (Å²) >= 11 is 0. The zero-order valence-electron chi connectivity index (χ0n) is 10.4. The maximum Gasteiger partial charge on any atom is 0.141 e. The van der Waals surface area contributed by atoms with Gasteiger partial charge in [0.15, 0.2) is 0 Å². The molecule has 0 saturated heterocycles. The molecule has 1 heterocycles. The van der Waals surface area contributed by atoms with Crippen molar-refractivity contribution in [2.45, 2.75) is 12.8 Å². The normalized spacial score (nSPS) is 14.5. The van der Waals surface area contributed by atoms with Gasteiger partial charge in [-0.3, -0.25) is 4.79 Å². The first kappa shape index (κ1) is 11.0. The highest BCUT2D eigenvalue weighted by Gasteiger charge is 2.19. The molecule has 2 nitrogen and oxygen atoms in total. The number of rotatable bonds is 0. The number of nitrogens with zero attached hydrogens (tertiary/aromatic N) is 1. The summed E-state index contributed by atoms with van der Waals surface area (Å²) in [5.74, 6) is 0.281. The fraction of sp³-hybridized carbons (Fsp3) is 0.188. The number of Topliss-reactive ketones (excluding diaryl/α,β-unsaturated/α-hetero) is 1. The van der Waals surface area contributed by atoms with Gasteiger partial charge in [-0.25, -0.2) is 0 Å². The number of ketones is 1. The molecule has 1 aliphatic heterocycles. The van der Waals surface area contributed by atoms with Crippen molar-refractivity contribution < 1.29 is 4.79 Å². The van der Waals surface area contributed by atoms with E-state index < -0.39 is 0 Å². The third kappa shape index (κ3) is 1.80. The first-order valence-corrected chi connectivity index (χ1v) is 6.17. The van der Waals surface area contributed by atoms with Crippen molar-refractivity contribution in [1.82, 2.24) is 0 Å². The van der Waals surface area contributed by atoms with E-state index >= 15 is 0 Å². The average molecular weight is 237 g/mol. The number of carbonyl (C=O) groups is 1. The Hall–Kier alpha value is -2.09. The SMILES string of the molecule is CN1c2ccccc2CC(=O)Cc2ccccc21. The van der Waals surface area contributed by atoms with Crippen molar-refractivity contribution in [2.75, 3.05) is 11.9 Å². The number of hydrogen-bond acceptors (Lipinski definition) is 2. The number of fused-ring (bicyclic) bond motifs is 2. The number of hydrogen-bond donors (Lipinski definition) is 0. The van der Waals surface area contributed by atoms with E-state index in [2.05, 4.69) is 24.1 Å². The van der Waals surface area contributed by atoms with E-state index in [1.54, 1.807) is 0 Å². The van der Waals surface area contributed by atoms with Gasteiger partial charge in [-0.05, 0) is 23.3 Å². The van der Waals surface area contributed by atoms with E-state index in [1.807, 2.05) is 36.4 Å². The molecule has 2 aromatic rings. The first-order chi connectivity index (χ1) is 8.75. The zero-order chi connectivity index (χ0) is 12.5. The van der Waals surface area contributed by atoms with Crippen molar-refractivity contribution in [3.63, 3.8) is 0 Å².